The molecular formula is C12H15N3O4. The molecule has 0 aliphatic heterocycles. The quantitative estimate of drug-likeness (QED) is 0.786. The number of fused-ring (bicyclic) bond motifs is 1. The number of carboxylic acids is 1. The number of aromatic nitrogens is 3. The van der Waals surface area contributed by atoms with Crippen LogP contribution in [-0.4, -0.2) is 46.2 Å². The topological polar surface area (TPSA) is 86.5 Å². The van der Waals surface area contributed by atoms with Crippen LogP contribution < -0.4 is 4.74 Å². The number of methoxy groups -OCH3 is 1. The van der Waals surface area contributed by atoms with E-state index in [0.717, 1.165) is 0 Å². The van der Waals surface area contributed by atoms with Crippen molar-refractivity contribution >= 4 is 17.0 Å². The third-order valence-corrected chi connectivity index (χ3v) is 2.68. The van der Waals surface area contributed by atoms with E-state index >= 15 is 0 Å². The fourth-order valence-corrected chi connectivity index (χ4v) is 1.76. The zero-order chi connectivity index (χ0) is 13.8. The second-order valence-corrected chi connectivity index (χ2v) is 4.01. The summed E-state index contributed by atoms with van der Waals surface area (Å²) in [7, 11) is 3.35. The van der Waals surface area contributed by atoms with Crippen LogP contribution in [0, 0.1) is 0 Å². The maximum Gasteiger partial charge on any atom is 0.341 e. The fourth-order valence-electron chi connectivity index (χ4n) is 1.76. The number of carbonyl (C=O) groups is 1. The molecule has 0 bridgehead atoms. The lowest BCUT2D eigenvalue weighted by Gasteiger charge is -2.09. The molecule has 7 nitrogen and oxygen atoms in total. The molecular weight excluding hydrogens is 250 g/mol. The van der Waals surface area contributed by atoms with Crippen molar-refractivity contribution in [2.45, 2.75) is 6.42 Å². The molecule has 0 spiro atoms. The van der Waals surface area contributed by atoms with Gasteiger partial charge in [0.15, 0.2) is 5.65 Å². The van der Waals surface area contributed by atoms with E-state index in [-0.39, 0.29) is 5.56 Å². The predicted molar refractivity (Wildman–Crippen MR) is 67.5 cm³/mol. The Hall–Kier alpha value is -2.15. The number of carboxylic acid groups (broad SMARTS) is 1. The molecule has 0 aromatic carbocycles. The summed E-state index contributed by atoms with van der Waals surface area (Å²) < 4.78 is 12.1. The van der Waals surface area contributed by atoms with Gasteiger partial charge in [0.1, 0.15) is 11.3 Å². The smallest absolute Gasteiger partial charge is 0.341 e. The summed E-state index contributed by atoms with van der Waals surface area (Å²) in [6.45, 7) is 0.936. The van der Waals surface area contributed by atoms with Gasteiger partial charge in [0.25, 0.3) is 0 Å². The zero-order valence-corrected chi connectivity index (χ0v) is 10.8. The van der Waals surface area contributed by atoms with E-state index in [4.69, 9.17) is 14.6 Å². The molecule has 0 aliphatic rings. The van der Waals surface area contributed by atoms with Gasteiger partial charge in [0.05, 0.1) is 18.2 Å². The maximum absolute atomic E-state index is 11.2. The third kappa shape index (κ3) is 2.65. The molecule has 2 rings (SSSR count). The first-order valence-electron chi connectivity index (χ1n) is 5.81. The first kappa shape index (κ1) is 13.3. The van der Waals surface area contributed by atoms with E-state index in [2.05, 4.69) is 10.1 Å². The summed E-state index contributed by atoms with van der Waals surface area (Å²) in [5.41, 5.74) is 0.629. The van der Waals surface area contributed by atoms with E-state index < -0.39 is 5.97 Å². The fraction of sp³-hybridized carbons (Fsp3) is 0.417. The van der Waals surface area contributed by atoms with Gasteiger partial charge in [0, 0.05) is 33.4 Å². The van der Waals surface area contributed by atoms with Gasteiger partial charge >= 0.3 is 5.97 Å². The van der Waals surface area contributed by atoms with Gasteiger partial charge in [-0.3, -0.25) is 4.68 Å². The summed E-state index contributed by atoms with van der Waals surface area (Å²) >= 11 is 0. The number of rotatable bonds is 6. The lowest BCUT2D eigenvalue weighted by Crippen LogP contribution is -2.07. The maximum atomic E-state index is 11.2. The van der Waals surface area contributed by atoms with Crippen LogP contribution in [0.25, 0.3) is 11.0 Å². The minimum absolute atomic E-state index is 0.0397. The molecule has 102 valence electrons. The molecule has 0 saturated heterocycles. The molecule has 0 aliphatic carbocycles. The van der Waals surface area contributed by atoms with Crippen molar-refractivity contribution in [3.05, 3.63) is 18.0 Å². The van der Waals surface area contributed by atoms with Crippen LogP contribution in [-0.2, 0) is 11.8 Å². The van der Waals surface area contributed by atoms with Crippen LogP contribution >= 0.6 is 0 Å². The summed E-state index contributed by atoms with van der Waals surface area (Å²) in [6, 6.07) is 0. The van der Waals surface area contributed by atoms with Crippen molar-refractivity contribution in [2.75, 3.05) is 20.3 Å². The first-order valence-corrected chi connectivity index (χ1v) is 5.81. The van der Waals surface area contributed by atoms with E-state index in [1.54, 1.807) is 25.0 Å². The Morgan fingerprint density at radius 2 is 2.21 bits per heavy atom. The van der Waals surface area contributed by atoms with Crippen LogP contribution in [0.1, 0.15) is 16.8 Å². The average Bonchev–Trinajstić information content (AvgIpc) is 2.76. The van der Waals surface area contributed by atoms with Crippen LogP contribution in [0.5, 0.6) is 5.75 Å². The van der Waals surface area contributed by atoms with Gasteiger partial charge < -0.3 is 14.6 Å². The predicted octanol–water partition coefficient (Wildman–Crippen LogP) is 1.08. The van der Waals surface area contributed by atoms with Gasteiger partial charge in [0.2, 0.25) is 0 Å². The summed E-state index contributed by atoms with van der Waals surface area (Å²) in [4.78, 5) is 15.3. The van der Waals surface area contributed by atoms with Crippen molar-refractivity contribution < 1.29 is 19.4 Å². The Morgan fingerprint density at radius 1 is 1.42 bits per heavy atom. The Morgan fingerprint density at radius 3 is 2.89 bits per heavy atom. The second kappa shape index (κ2) is 5.66. The standard InChI is InChI=1S/C12H15N3O4/c1-15-11-8(7-14-15)10(19-5-3-4-18-2)9(6-13-11)12(16)17/h6-7H,3-5H2,1-2H3,(H,16,17). The van der Waals surface area contributed by atoms with Crippen molar-refractivity contribution in [3.8, 4) is 5.75 Å². The normalized spacial score (nSPS) is 10.8. The Kier molecular flexibility index (Phi) is 3.96. The second-order valence-electron chi connectivity index (χ2n) is 4.01. The highest BCUT2D eigenvalue weighted by atomic mass is 16.5. The Balaban J connectivity index is 2.35. The molecule has 1 N–H and O–H groups in total. The largest absolute Gasteiger partial charge is 0.492 e. The number of nitrogens with zero attached hydrogens (tertiary/aromatic N) is 3. The lowest BCUT2D eigenvalue weighted by atomic mass is 10.2. The number of ether oxygens (including phenoxy) is 2. The Bertz CT molecular complexity index is 594. The number of aromatic carboxylic acids is 1. The molecule has 0 unspecified atom stereocenters. The zero-order valence-electron chi connectivity index (χ0n) is 10.8. The summed E-state index contributed by atoms with van der Waals surface area (Å²) in [5, 5.41) is 13.8. The molecule has 19 heavy (non-hydrogen) atoms. The highest BCUT2D eigenvalue weighted by molar-refractivity contribution is 5.97. The molecule has 7 heteroatoms. The van der Waals surface area contributed by atoms with Crippen LogP contribution in [0.15, 0.2) is 12.4 Å². The number of aryl methyl sites for hydroxylation is 1. The monoisotopic (exact) mass is 265 g/mol. The van der Waals surface area contributed by atoms with Gasteiger partial charge in [-0.15, -0.1) is 0 Å². The minimum atomic E-state index is -1.07. The molecule has 2 heterocycles. The molecule has 2 aromatic rings. The van der Waals surface area contributed by atoms with Crippen LogP contribution in [0.3, 0.4) is 0 Å². The van der Waals surface area contributed by atoms with E-state index in [1.807, 2.05) is 0 Å². The molecule has 0 atom stereocenters. The van der Waals surface area contributed by atoms with E-state index in [0.29, 0.717) is 36.4 Å². The Labute approximate surface area is 109 Å². The van der Waals surface area contributed by atoms with Gasteiger partial charge in [-0.2, -0.15) is 5.10 Å². The highest BCUT2D eigenvalue weighted by Crippen LogP contribution is 2.28. The first-order chi connectivity index (χ1) is 9.15. The summed E-state index contributed by atoms with van der Waals surface area (Å²) in [5.74, 6) is -0.762. The lowest BCUT2D eigenvalue weighted by molar-refractivity contribution is 0.0691. The van der Waals surface area contributed by atoms with Crippen LogP contribution in [0.4, 0.5) is 0 Å². The van der Waals surface area contributed by atoms with Gasteiger partial charge in [-0.1, -0.05) is 0 Å². The number of hydrogen-bond donors (Lipinski definition) is 1. The SMILES string of the molecule is COCCCOc1c(C(=O)O)cnc2c1cnn2C. The van der Waals surface area contributed by atoms with E-state index in [9.17, 15) is 4.79 Å². The minimum Gasteiger partial charge on any atom is -0.492 e. The van der Waals surface area contributed by atoms with Crippen molar-refractivity contribution in [1.29, 1.82) is 0 Å². The molecule has 0 fully saturated rings. The highest BCUT2D eigenvalue weighted by Gasteiger charge is 2.18. The molecule has 0 amide bonds. The number of hydrogen-bond acceptors (Lipinski definition) is 5. The average molecular weight is 265 g/mol. The van der Waals surface area contributed by atoms with Gasteiger partial charge in [-0.25, -0.2) is 9.78 Å². The molecule has 0 saturated carbocycles. The van der Waals surface area contributed by atoms with Crippen LogP contribution in [0.2, 0.25) is 0 Å². The van der Waals surface area contributed by atoms with Gasteiger partial charge in [-0.05, 0) is 0 Å². The third-order valence-electron chi connectivity index (χ3n) is 2.68. The number of pyridine rings is 1. The van der Waals surface area contributed by atoms with Crippen molar-refractivity contribution in [3.63, 3.8) is 0 Å². The summed E-state index contributed by atoms with van der Waals surface area (Å²) in [6.07, 6.45) is 3.53. The van der Waals surface area contributed by atoms with E-state index in [1.165, 1.54) is 6.20 Å². The van der Waals surface area contributed by atoms with Crippen molar-refractivity contribution in [1.82, 2.24) is 14.8 Å². The molecule has 2 aromatic heterocycles. The molecule has 0 radical (unpaired) electrons. The van der Waals surface area contributed by atoms with Crippen molar-refractivity contribution in [2.24, 2.45) is 7.05 Å².